The summed E-state index contributed by atoms with van der Waals surface area (Å²) in [6.07, 6.45) is 4.01. The van der Waals surface area contributed by atoms with E-state index in [1.54, 1.807) is 0 Å². The second-order valence-electron chi connectivity index (χ2n) is 5.56. The molecular weight excluding hydrogens is 262 g/mol. The Balaban J connectivity index is 1.61. The van der Waals surface area contributed by atoms with Crippen molar-refractivity contribution in [3.8, 4) is 0 Å². The molecule has 2 aliphatic rings. The van der Waals surface area contributed by atoms with Gasteiger partial charge in [-0.2, -0.15) is 0 Å². The van der Waals surface area contributed by atoms with Crippen LogP contribution < -0.4 is 4.90 Å². The zero-order chi connectivity index (χ0) is 13.9. The van der Waals surface area contributed by atoms with Crippen molar-refractivity contribution in [2.24, 2.45) is 0 Å². The van der Waals surface area contributed by atoms with Crippen molar-refractivity contribution in [2.45, 2.75) is 38.2 Å². The van der Waals surface area contributed by atoms with Crippen molar-refractivity contribution in [3.63, 3.8) is 0 Å². The summed E-state index contributed by atoms with van der Waals surface area (Å²) in [5, 5.41) is 0. The highest BCUT2D eigenvalue weighted by atomic mass is 19.3. The fourth-order valence-electron chi connectivity index (χ4n) is 3.24. The fraction of sp³-hybridized carbons (Fsp3) is 0.714. The molecule has 0 bridgehead atoms. The second kappa shape index (κ2) is 5.99. The summed E-state index contributed by atoms with van der Waals surface area (Å²) in [6, 6.07) is 2.15. The Labute approximate surface area is 117 Å². The predicted molar refractivity (Wildman–Crippen MR) is 73.0 cm³/mol. The number of nitrogens with zero attached hydrogens (tertiary/aromatic N) is 4. The minimum absolute atomic E-state index is 0.187. The first-order valence-electron chi connectivity index (χ1n) is 7.33. The number of halogens is 2. The van der Waals surface area contributed by atoms with Gasteiger partial charge in [-0.3, -0.25) is 4.90 Å². The molecule has 0 atom stereocenters. The van der Waals surface area contributed by atoms with Crippen LogP contribution in [0.1, 0.15) is 37.8 Å². The van der Waals surface area contributed by atoms with E-state index >= 15 is 0 Å². The molecule has 1 aliphatic carbocycles. The number of anilines is 1. The van der Waals surface area contributed by atoms with Gasteiger partial charge >= 0.3 is 0 Å². The summed E-state index contributed by atoms with van der Waals surface area (Å²) >= 11 is 0. The quantitative estimate of drug-likeness (QED) is 0.852. The molecule has 1 aromatic heterocycles. The van der Waals surface area contributed by atoms with Gasteiger partial charge in [-0.05, 0) is 12.8 Å². The van der Waals surface area contributed by atoms with E-state index in [9.17, 15) is 8.78 Å². The third kappa shape index (κ3) is 2.90. The second-order valence-corrected chi connectivity index (χ2v) is 5.56. The summed E-state index contributed by atoms with van der Waals surface area (Å²) in [6.45, 7) is 3.71. The van der Waals surface area contributed by atoms with Crippen molar-refractivity contribution in [1.29, 1.82) is 0 Å². The van der Waals surface area contributed by atoms with Gasteiger partial charge in [0.2, 0.25) is 0 Å². The lowest BCUT2D eigenvalue weighted by molar-refractivity contribution is 0.146. The van der Waals surface area contributed by atoms with Gasteiger partial charge in [0.1, 0.15) is 17.8 Å². The largest absolute Gasteiger partial charge is 0.354 e. The summed E-state index contributed by atoms with van der Waals surface area (Å²) < 4.78 is 25.3. The standard InChI is InChI=1S/C14H20F2N4/c15-14(16)12-9-13(18-10-17-12)20-7-5-19(6-8-20)11-3-1-2-4-11/h9-11,14H,1-8H2. The zero-order valence-corrected chi connectivity index (χ0v) is 11.5. The van der Waals surface area contributed by atoms with Gasteiger partial charge in [0.25, 0.3) is 6.43 Å². The monoisotopic (exact) mass is 282 g/mol. The number of alkyl halides is 2. The molecule has 110 valence electrons. The summed E-state index contributed by atoms with van der Waals surface area (Å²) in [4.78, 5) is 12.4. The molecule has 0 unspecified atom stereocenters. The van der Waals surface area contributed by atoms with Crippen LogP contribution in [-0.4, -0.2) is 47.1 Å². The Morgan fingerprint density at radius 3 is 2.40 bits per heavy atom. The van der Waals surface area contributed by atoms with Crippen molar-refractivity contribution in [3.05, 3.63) is 18.1 Å². The first kappa shape index (κ1) is 13.7. The molecule has 6 heteroatoms. The van der Waals surface area contributed by atoms with Crippen LogP contribution in [0.3, 0.4) is 0 Å². The van der Waals surface area contributed by atoms with Gasteiger partial charge in [0, 0.05) is 38.3 Å². The highest BCUT2D eigenvalue weighted by Crippen LogP contribution is 2.26. The molecule has 2 fully saturated rings. The molecule has 3 rings (SSSR count). The molecule has 1 aromatic rings. The Hall–Kier alpha value is -1.30. The molecule has 0 spiro atoms. The van der Waals surface area contributed by atoms with Crippen LogP contribution in [0, 0.1) is 0 Å². The molecule has 2 heterocycles. The lowest BCUT2D eigenvalue weighted by atomic mass is 10.2. The lowest BCUT2D eigenvalue weighted by Crippen LogP contribution is -2.50. The molecular formula is C14H20F2N4. The summed E-state index contributed by atoms with van der Waals surface area (Å²) in [7, 11) is 0. The third-order valence-electron chi connectivity index (χ3n) is 4.38. The number of aromatic nitrogens is 2. The van der Waals surface area contributed by atoms with Gasteiger partial charge < -0.3 is 4.90 Å². The molecule has 1 aliphatic heterocycles. The number of hydrogen-bond acceptors (Lipinski definition) is 4. The predicted octanol–water partition coefficient (Wildman–Crippen LogP) is 2.48. The molecule has 0 amide bonds. The Morgan fingerprint density at radius 1 is 1.05 bits per heavy atom. The highest BCUT2D eigenvalue weighted by molar-refractivity contribution is 5.39. The van der Waals surface area contributed by atoms with Crippen LogP contribution in [0.15, 0.2) is 12.4 Å². The zero-order valence-electron chi connectivity index (χ0n) is 11.5. The van der Waals surface area contributed by atoms with Crippen LogP contribution in [0.25, 0.3) is 0 Å². The summed E-state index contributed by atoms with van der Waals surface area (Å²) in [5.74, 6) is 0.626. The molecule has 4 nitrogen and oxygen atoms in total. The maximum atomic E-state index is 12.7. The van der Waals surface area contributed by atoms with E-state index in [2.05, 4.69) is 19.8 Å². The van der Waals surface area contributed by atoms with Gasteiger partial charge in [-0.1, -0.05) is 12.8 Å². The van der Waals surface area contributed by atoms with E-state index in [4.69, 9.17) is 0 Å². The van der Waals surface area contributed by atoms with Gasteiger partial charge in [0.15, 0.2) is 0 Å². The van der Waals surface area contributed by atoms with E-state index in [0.717, 1.165) is 32.2 Å². The normalized spacial score (nSPS) is 21.9. The van der Waals surface area contributed by atoms with Crippen LogP contribution in [-0.2, 0) is 0 Å². The van der Waals surface area contributed by atoms with Crippen LogP contribution >= 0.6 is 0 Å². The maximum Gasteiger partial charge on any atom is 0.280 e. The first-order chi connectivity index (χ1) is 9.74. The van der Waals surface area contributed by atoms with Gasteiger partial charge in [-0.15, -0.1) is 0 Å². The first-order valence-corrected chi connectivity index (χ1v) is 7.33. The van der Waals surface area contributed by atoms with Gasteiger partial charge in [-0.25, -0.2) is 18.7 Å². The third-order valence-corrected chi connectivity index (χ3v) is 4.38. The Bertz CT molecular complexity index is 441. The minimum Gasteiger partial charge on any atom is -0.354 e. The fourth-order valence-corrected chi connectivity index (χ4v) is 3.24. The van der Waals surface area contributed by atoms with E-state index < -0.39 is 6.43 Å². The van der Waals surface area contributed by atoms with Crippen LogP contribution in [0.5, 0.6) is 0 Å². The van der Waals surface area contributed by atoms with E-state index in [1.807, 2.05) is 0 Å². The van der Waals surface area contributed by atoms with Crippen molar-refractivity contribution < 1.29 is 8.78 Å². The van der Waals surface area contributed by atoms with E-state index in [0.29, 0.717) is 5.82 Å². The number of hydrogen-bond donors (Lipinski definition) is 0. The molecule has 0 radical (unpaired) electrons. The average Bonchev–Trinajstić information content (AvgIpc) is 3.02. The molecule has 1 saturated heterocycles. The topological polar surface area (TPSA) is 32.3 Å². The molecule has 0 N–H and O–H groups in total. The van der Waals surface area contributed by atoms with E-state index in [1.165, 1.54) is 38.1 Å². The highest BCUT2D eigenvalue weighted by Gasteiger charge is 2.26. The van der Waals surface area contributed by atoms with Crippen molar-refractivity contribution >= 4 is 5.82 Å². The maximum absolute atomic E-state index is 12.7. The van der Waals surface area contributed by atoms with Crippen LogP contribution in [0.4, 0.5) is 14.6 Å². The van der Waals surface area contributed by atoms with Crippen molar-refractivity contribution in [2.75, 3.05) is 31.1 Å². The molecule has 1 saturated carbocycles. The Morgan fingerprint density at radius 2 is 1.75 bits per heavy atom. The summed E-state index contributed by atoms with van der Waals surface area (Å²) in [5.41, 5.74) is -0.187. The van der Waals surface area contributed by atoms with Crippen molar-refractivity contribution in [1.82, 2.24) is 14.9 Å². The molecule has 20 heavy (non-hydrogen) atoms. The SMILES string of the molecule is FC(F)c1cc(N2CCN(C3CCCC3)CC2)ncn1. The number of rotatable bonds is 3. The van der Waals surface area contributed by atoms with Gasteiger partial charge in [0.05, 0.1) is 0 Å². The Kier molecular flexibility index (Phi) is 4.10. The van der Waals surface area contributed by atoms with E-state index in [-0.39, 0.29) is 5.69 Å². The smallest absolute Gasteiger partial charge is 0.280 e. The van der Waals surface area contributed by atoms with Crippen LogP contribution in [0.2, 0.25) is 0 Å². The minimum atomic E-state index is -2.53. The lowest BCUT2D eigenvalue weighted by Gasteiger charge is -2.38. The molecule has 0 aromatic carbocycles. The number of piperazine rings is 1. The average molecular weight is 282 g/mol.